The zero-order valence-corrected chi connectivity index (χ0v) is 16.8. The summed E-state index contributed by atoms with van der Waals surface area (Å²) in [5, 5.41) is 1.24. The van der Waals surface area contributed by atoms with Crippen molar-refractivity contribution in [2.24, 2.45) is 0 Å². The molecule has 138 valence electrons. The maximum Gasteiger partial charge on any atom is 0.500 e. The van der Waals surface area contributed by atoms with E-state index in [0.717, 1.165) is 24.4 Å². The van der Waals surface area contributed by atoms with E-state index in [1.165, 1.54) is 43.1 Å². The van der Waals surface area contributed by atoms with Gasteiger partial charge in [0.2, 0.25) is 0 Å². The topological polar surface area (TPSA) is 40.6 Å². The van der Waals surface area contributed by atoms with E-state index < -0.39 is 8.80 Å². The molecule has 0 atom stereocenters. The molecule has 0 amide bonds. The maximum absolute atomic E-state index is 5.45. The number of aryl methyl sites for hydroxylation is 1. The normalized spacial score (nSPS) is 12.0. The summed E-state index contributed by atoms with van der Waals surface area (Å²) in [4.78, 5) is 4.54. The Morgan fingerprint density at radius 2 is 1.48 bits per heavy atom. The summed E-state index contributed by atoms with van der Waals surface area (Å²) in [6, 6.07) is 11.5. The molecule has 0 radical (unpaired) electrons. The van der Waals surface area contributed by atoms with E-state index in [0.29, 0.717) is 0 Å². The minimum atomic E-state index is -2.37. The average Bonchev–Trinajstić information content (AvgIpc) is 2.67. The van der Waals surface area contributed by atoms with Crippen molar-refractivity contribution in [3.8, 4) is 0 Å². The van der Waals surface area contributed by atoms with Crippen LogP contribution in [-0.2, 0) is 19.7 Å². The molecular formula is C20H31NO3Si. The summed E-state index contributed by atoms with van der Waals surface area (Å²) in [7, 11) is 2.68. The van der Waals surface area contributed by atoms with Gasteiger partial charge in [0.15, 0.2) is 0 Å². The van der Waals surface area contributed by atoms with Gasteiger partial charge in [-0.1, -0.05) is 43.9 Å². The molecule has 0 unspecified atom stereocenters. The predicted molar refractivity (Wildman–Crippen MR) is 105 cm³/mol. The maximum atomic E-state index is 5.45. The van der Waals surface area contributed by atoms with Gasteiger partial charge in [-0.25, -0.2) is 0 Å². The van der Waals surface area contributed by atoms with Crippen LogP contribution in [0.25, 0.3) is 10.9 Å². The second kappa shape index (κ2) is 10.7. The van der Waals surface area contributed by atoms with Gasteiger partial charge >= 0.3 is 8.80 Å². The van der Waals surface area contributed by atoms with Crippen LogP contribution in [0, 0.1) is 0 Å². The molecule has 4 nitrogen and oxygen atoms in total. The smallest absolute Gasteiger partial charge is 0.377 e. The lowest BCUT2D eigenvalue weighted by molar-refractivity contribution is 0.122. The zero-order chi connectivity index (χ0) is 18.0. The number of hydrogen-bond donors (Lipinski definition) is 0. The number of para-hydroxylation sites is 1. The first kappa shape index (κ1) is 20.0. The Morgan fingerprint density at radius 3 is 2.20 bits per heavy atom. The summed E-state index contributed by atoms with van der Waals surface area (Å²) >= 11 is 0. The molecule has 0 saturated heterocycles. The van der Waals surface area contributed by atoms with E-state index >= 15 is 0 Å². The van der Waals surface area contributed by atoms with Gasteiger partial charge in [-0.15, -0.1) is 0 Å². The van der Waals surface area contributed by atoms with Crippen molar-refractivity contribution in [1.82, 2.24) is 4.98 Å². The van der Waals surface area contributed by atoms with Crippen LogP contribution < -0.4 is 0 Å². The van der Waals surface area contributed by atoms with Crippen LogP contribution in [0.3, 0.4) is 0 Å². The van der Waals surface area contributed by atoms with Crippen LogP contribution in [-0.4, -0.2) is 35.1 Å². The monoisotopic (exact) mass is 361 g/mol. The highest BCUT2D eigenvalue weighted by molar-refractivity contribution is 6.60. The van der Waals surface area contributed by atoms with E-state index in [4.69, 9.17) is 13.3 Å². The Morgan fingerprint density at radius 1 is 0.840 bits per heavy atom. The number of aromatic nitrogens is 1. The Hall–Kier alpha value is -1.27. The molecule has 1 aromatic carbocycles. The molecule has 0 spiro atoms. The molecule has 0 saturated carbocycles. The predicted octanol–water partition coefficient (Wildman–Crippen LogP) is 5.00. The quantitative estimate of drug-likeness (QED) is 0.394. The van der Waals surface area contributed by atoms with Crippen molar-refractivity contribution in [2.45, 2.75) is 51.0 Å². The minimum Gasteiger partial charge on any atom is -0.377 e. The van der Waals surface area contributed by atoms with Crippen molar-refractivity contribution in [2.75, 3.05) is 21.3 Å². The van der Waals surface area contributed by atoms with Gasteiger partial charge in [0.25, 0.3) is 0 Å². The molecule has 2 aromatic rings. The third kappa shape index (κ3) is 6.19. The first-order chi connectivity index (χ1) is 12.2. The lowest BCUT2D eigenvalue weighted by Gasteiger charge is -2.24. The van der Waals surface area contributed by atoms with Crippen LogP contribution >= 0.6 is 0 Å². The Kier molecular flexibility index (Phi) is 8.55. The summed E-state index contributed by atoms with van der Waals surface area (Å²) in [6.07, 6.45) is 10.5. The molecule has 0 aliphatic heterocycles. The molecule has 0 fully saturated rings. The van der Waals surface area contributed by atoms with Gasteiger partial charge in [-0.3, -0.25) is 4.98 Å². The number of unbranched alkanes of at least 4 members (excludes halogenated alkanes) is 5. The lowest BCUT2D eigenvalue weighted by Crippen LogP contribution is -2.42. The SMILES string of the molecule is CO[Si](CCCCCCCCc1cnc2ccccc2c1)(OC)OC. The summed E-state index contributed by atoms with van der Waals surface area (Å²) in [5.74, 6) is 0. The zero-order valence-electron chi connectivity index (χ0n) is 15.8. The van der Waals surface area contributed by atoms with Gasteiger partial charge in [0.1, 0.15) is 0 Å². The summed E-state index contributed by atoms with van der Waals surface area (Å²) in [5.41, 5.74) is 2.42. The van der Waals surface area contributed by atoms with E-state index in [9.17, 15) is 0 Å². The van der Waals surface area contributed by atoms with Crippen molar-refractivity contribution in [3.63, 3.8) is 0 Å². The van der Waals surface area contributed by atoms with Crippen LogP contribution in [0.4, 0.5) is 0 Å². The highest BCUT2D eigenvalue weighted by Crippen LogP contribution is 2.19. The highest BCUT2D eigenvalue weighted by atomic mass is 28.4. The fraction of sp³-hybridized carbons (Fsp3) is 0.550. The van der Waals surface area contributed by atoms with Crippen LogP contribution in [0.15, 0.2) is 36.5 Å². The largest absolute Gasteiger partial charge is 0.500 e. The molecule has 5 heteroatoms. The van der Waals surface area contributed by atoms with E-state index in [1.54, 1.807) is 21.3 Å². The second-order valence-electron chi connectivity index (χ2n) is 6.45. The van der Waals surface area contributed by atoms with Crippen molar-refractivity contribution >= 4 is 19.7 Å². The third-order valence-corrected chi connectivity index (χ3v) is 7.61. The Balaban J connectivity index is 1.58. The van der Waals surface area contributed by atoms with Gasteiger partial charge in [-0.05, 0) is 37.0 Å². The van der Waals surface area contributed by atoms with Crippen LogP contribution in [0.5, 0.6) is 0 Å². The molecular weight excluding hydrogens is 330 g/mol. The minimum absolute atomic E-state index is 0.902. The van der Waals surface area contributed by atoms with Gasteiger partial charge in [-0.2, -0.15) is 0 Å². The first-order valence-electron chi connectivity index (χ1n) is 9.22. The van der Waals surface area contributed by atoms with Gasteiger partial charge < -0.3 is 13.3 Å². The molecule has 2 rings (SSSR count). The molecule has 25 heavy (non-hydrogen) atoms. The number of pyridine rings is 1. The molecule has 0 bridgehead atoms. The first-order valence-corrected chi connectivity index (χ1v) is 11.2. The average molecular weight is 362 g/mol. The number of benzene rings is 1. The van der Waals surface area contributed by atoms with E-state index in [2.05, 4.69) is 29.2 Å². The van der Waals surface area contributed by atoms with Crippen molar-refractivity contribution in [1.29, 1.82) is 0 Å². The molecule has 1 heterocycles. The lowest BCUT2D eigenvalue weighted by atomic mass is 10.0. The number of hydrogen-bond acceptors (Lipinski definition) is 4. The highest BCUT2D eigenvalue weighted by Gasteiger charge is 2.36. The summed E-state index contributed by atoms with van der Waals surface area (Å²) in [6.45, 7) is 0. The van der Waals surface area contributed by atoms with E-state index in [1.807, 2.05) is 12.3 Å². The fourth-order valence-electron chi connectivity index (χ4n) is 3.19. The third-order valence-electron chi connectivity index (χ3n) is 4.78. The Labute approximate surface area is 152 Å². The molecule has 0 aliphatic carbocycles. The van der Waals surface area contributed by atoms with Crippen LogP contribution in [0.1, 0.15) is 44.1 Å². The summed E-state index contributed by atoms with van der Waals surface area (Å²) < 4.78 is 16.3. The van der Waals surface area contributed by atoms with E-state index in [-0.39, 0.29) is 0 Å². The fourth-order valence-corrected chi connectivity index (χ4v) is 4.98. The molecule has 1 aromatic heterocycles. The number of nitrogens with zero attached hydrogens (tertiary/aromatic N) is 1. The second-order valence-corrected chi connectivity index (χ2v) is 9.54. The Bertz CT molecular complexity index is 623. The van der Waals surface area contributed by atoms with Gasteiger partial charge in [0.05, 0.1) is 5.52 Å². The van der Waals surface area contributed by atoms with Crippen molar-refractivity contribution < 1.29 is 13.3 Å². The van der Waals surface area contributed by atoms with Crippen LogP contribution in [0.2, 0.25) is 6.04 Å². The standard InChI is InChI=1S/C20H31NO3Si/c1-22-25(23-2,24-3)15-11-7-5-4-6-8-12-18-16-19-13-9-10-14-20(19)21-17-18/h9-10,13-14,16-17H,4-8,11-12,15H2,1-3H3. The van der Waals surface area contributed by atoms with Crippen molar-refractivity contribution in [3.05, 3.63) is 42.1 Å². The van der Waals surface area contributed by atoms with Gasteiger partial charge in [0, 0.05) is 39.0 Å². The number of rotatable bonds is 12. The molecule has 0 N–H and O–H groups in total. The molecule has 0 aliphatic rings. The number of fused-ring (bicyclic) bond motifs is 1.